The number of likely N-dealkylation sites (tertiary alicyclic amines) is 1. The molecule has 0 saturated carbocycles. The Morgan fingerprint density at radius 1 is 0.897 bits per heavy atom. The lowest BCUT2D eigenvalue weighted by atomic mass is 9.91. The van der Waals surface area contributed by atoms with Gasteiger partial charge in [-0.3, -0.25) is 9.59 Å². The molecule has 2 atom stereocenters. The summed E-state index contributed by atoms with van der Waals surface area (Å²) in [5, 5.41) is 9.04. The molecule has 146 valence electrons. The minimum absolute atomic E-state index is 0.292. The van der Waals surface area contributed by atoms with Gasteiger partial charge in [-0.25, -0.2) is 4.90 Å². The molecule has 4 rings (SSSR count). The number of rotatable bonds is 3. The van der Waals surface area contributed by atoms with Crippen LogP contribution in [0.4, 0.5) is 5.69 Å². The van der Waals surface area contributed by atoms with Gasteiger partial charge in [-0.2, -0.15) is 5.26 Å². The number of imide groups is 1. The maximum atomic E-state index is 13.5. The Balaban J connectivity index is 1.81. The van der Waals surface area contributed by atoms with Crippen LogP contribution in [0, 0.1) is 23.2 Å². The van der Waals surface area contributed by atoms with Crippen molar-refractivity contribution in [1.29, 1.82) is 5.26 Å². The molecule has 5 nitrogen and oxygen atoms in total. The molecule has 0 bridgehead atoms. The Hall–Kier alpha value is -3.39. The van der Waals surface area contributed by atoms with Crippen LogP contribution < -0.4 is 4.90 Å². The molecule has 2 amide bonds. The summed E-state index contributed by atoms with van der Waals surface area (Å²) in [5.41, 5.74) is 2.68. The average molecular weight is 385 g/mol. The van der Waals surface area contributed by atoms with E-state index in [-0.39, 0.29) is 11.8 Å². The Morgan fingerprint density at radius 2 is 1.52 bits per heavy atom. The quantitative estimate of drug-likeness (QED) is 0.754. The maximum Gasteiger partial charge on any atom is 0.282 e. The highest BCUT2D eigenvalue weighted by molar-refractivity contribution is 6.45. The molecule has 2 aliphatic heterocycles. The van der Waals surface area contributed by atoms with Gasteiger partial charge in [-0.15, -0.1) is 0 Å². The molecule has 2 aromatic rings. The molecule has 2 heterocycles. The highest BCUT2D eigenvalue weighted by atomic mass is 16.2. The second-order valence-electron chi connectivity index (χ2n) is 8.05. The molecule has 1 saturated heterocycles. The van der Waals surface area contributed by atoms with Gasteiger partial charge in [0.25, 0.3) is 11.8 Å². The first kappa shape index (κ1) is 18.9. The summed E-state index contributed by atoms with van der Waals surface area (Å²) < 4.78 is 0. The van der Waals surface area contributed by atoms with Gasteiger partial charge in [0.15, 0.2) is 0 Å². The summed E-state index contributed by atoms with van der Waals surface area (Å²) in [6.45, 7) is 5.89. The normalized spacial score (nSPS) is 22.2. The van der Waals surface area contributed by atoms with Crippen LogP contribution in [-0.4, -0.2) is 29.8 Å². The van der Waals surface area contributed by atoms with E-state index in [0.29, 0.717) is 34.4 Å². The number of hydrogen-bond acceptors (Lipinski definition) is 4. The summed E-state index contributed by atoms with van der Waals surface area (Å²) in [5.74, 6) is 0.303. The molecule has 0 radical (unpaired) electrons. The number of hydrogen-bond donors (Lipinski definition) is 0. The highest BCUT2D eigenvalue weighted by Crippen LogP contribution is 2.37. The lowest BCUT2D eigenvalue weighted by Gasteiger charge is -2.37. The Labute approximate surface area is 170 Å². The van der Waals surface area contributed by atoms with E-state index in [1.54, 1.807) is 24.3 Å². The van der Waals surface area contributed by atoms with Gasteiger partial charge < -0.3 is 4.90 Å². The molecule has 0 N–H and O–H groups in total. The van der Waals surface area contributed by atoms with Crippen molar-refractivity contribution in [3.8, 4) is 6.07 Å². The third-order valence-electron chi connectivity index (χ3n) is 5.56. The van der Waals surface area contributed by atoms with Crippen LogP contribution in [0.25, 0.3) is 5.57 Å². The smallest absolute Gasteiger partial charge is 0.282 e. The van der Waals surface area contributed by atoms with E-state index in [2.05, 4.69) is 24.8 Å². The number of benzene rings is 2. The second-order valence-corrected chi connectivity index (χ2v) is 8.05. The first-order chi connectivity index (χ1) is 14.0. The van der Waals surface area contributed by atoms with E-state index in [1.807, 2.05) is 30.3 Å². The third-order valence-corrected chi connectivity index (χ3v) is 5.56. The van der Waals surface area contributed by atoms with Crippen LogP contribution in [0.2, 0.25) is 0 Å². The minimum Gasteiger partial charge on any atom is -0.366 e. The Kier molecular flexibility index (Phi) is 4.94. The fourth-order valence-electron chi connectivity index (χ4n) is 4.44. The molecular formula is C24H23N3O2. The largest absolute Gasteiger partial charge is 0.366 e. The number of anilines is 1. The number of nitriles is 1. The van der Waals surface area contributed by atoms with Crippen LogP contribution in [0.5, 0.6) is 0 Å². The summed E-state index contributed by atoms with van der Waals surface area (Å²) in [4.78, 5) is 30.3. The predicted molar refractivity (Wildman–Crippen MR) is 112 cm³/mol. The SMILES string of the molecule is CC1CC(C)CN(C2=C(c3ccccc3)C(=O)N(c3ccc(C#N)cc3)C2=O)C1. The van der Waals surface area contributed by atoms with Crippen LogP contribution in [-0.2, 0) is 9.59 Å². The molecular weight excluding hydrogens is 362 g/mol. The van der Waals surface area contributed by atoms with Crippen LogP contribution in [0.15, 0.2) is 60.3 Å². The van der Waals surface area contributed by atoms with Gasteiger partial charge in [0.1, 0.15) is 5.70 Å². The molecule has 29 heavy (non-hydrogen) atoms. The van der Waals surface area contributed by atoms with Crippen LogP contribution >= 0.6 is 0 Å². The molecule has 0 spiro atoms. The number of piperidine rings is 1. The van der Waals surface area contributed by atoms with Crippen molar-refractivity contribution < 1.29 is 9.59 Å². The summed E-state index contributed by atoms with van der Waals surface area (Å²) >= 11 is 0. The average Bonchev–Trinajstić information content (AvgIpc) is 2.98. The zero-order valence-electron chi connectivity index (χ0n) is 16.6. The van der Waals surface area contributed by atoms with E-state index < -0.39 is 0 Å². The topological polar surface area (TPSA) is 64.4 Å². The monoisotopic (exact) mass is 385 g/mol. The van der Waals surface area contributed by atoms with Crippen molar-refractivity contribution in [2.45, 2.75) is 20.3 Å². The van der Waals surface area contributed by atoms with Gasteiger partial charge in [0.2, 0.25) is 0 Å². The highest BCUT2D eigenvalue weighted by Gasteiger charge is 2.43. The Bertz CT molecular complexity index is 1010. The van der Waals surface area contributed by atoms with E-state index >= 15 is 0 Å². The number of amides is 2. The summed E-state index contributed by atoms with van der Waals surface area (Å²) in [6.07, 6.45) is 1.12. The zero-order chi connectivity index (χ0) is 20.5. The minimum atomic E-state index is -0.313. The van der Waals surface area contributed by atoms with Gasteiger partial charge >= 0.3 is 0 Å². The molecule has 5 heteroatoms. The third kappa shape index (κ3) is 3.42. The summed E-state index contributed by atoms with van der Waals surface area (Å²) in [7, 11) is 0. The fraction of sp³-hybridized carbons (Fsp3) is 0.292. The van der Waals surface area contributed by atoms with E-state index in [1.165, 1.54) is 4.90 Å². The number of carbonyl (C=O) groups excluding carboxylic acids is 2. The standard InChI is InChI=1S/C24H23N3O2/c1-16-12-17(2)15-26(14-16)22-21(19-6-4-3-5-7-19)23(28)27(24(22)29)20-10-8-18(13-25)9-11-20/h3-11,16-17H,12,14-15H2,1-2H3. The predicted octanol–water partition coefficient (Wildman–Crippen LogP) is 3.82. The molecule has 1 fully saturated rings. The lowest BCUT2D eigenvalue weighted by Crippen LogP contribution is -2.42. The van der Waals surface area contributed by atoms with E-state index in [4.69, 9.17) is 5.26 Å². The van der Waals surface area contributed by atoms with Crippen molar-refractivity contribution in [2.24, 2.45) is 11.8 Å². The molecule has 2 unspecified atom stereocenters. The molecule has 0 aliphatic carbocycles. The van der Waals surface area contributed by atoms with Crippen molar-refractivity contribution in [2.75, 3.05) is 18.0 Å². The maximum absolute atomic E-state index is 13.5. The van der Waals surface area contributed by atoms with Gasteiger partial charge in [0, 0.05) is 13.1 Å². The van der Waals surface area contributed by atoms with Crippen molar-refractivity contribution >= 4 is 23.1 Å². The molecule has 0 aromatic heterocycles. The molecule has 2 aromatic carbocycles. The lowest BCUT2D eigenvalue weighted by molar-refractivity contribution is -0.120. The van der Waals surface area contributed by atoms with Crippen molar-refractivity contribution in [1.82, 2.24) is 4.90 Å². The van der Waals surface area contributed by atoms with Crippen molar-refractivity contribution in [3.05, 3.63) is 71.4 Å². The first-order valence-corrected chi connectivity index (χ1v) is 9.93. The van der Waals surface area contributed by atoms with Gasteiger partial charge in [-0.05, 0) is 48.1 Å². The first-order valence-electron chi connectivity index (χ1n) is 9.93. The second kappa shape index (κ2) is 7.56. The van der Waals surface area contributed by atoms with E-state index in [0.717, 1.165) is 25.1 Å². The van der Waals surface area contributed by atoms with Gasteiger partial charge in [0.05, 0.1) is 22.9 Å². The zero-order valence-corrected chi connectivity index (χ0v) is 16.6. The fourth-order valence-corrected chi connectivity index (χ4v) is 4.44. The Morgan fingerprint density at radius 3 is 2.10 bits per heavy atom. The number of carbonyl (C=O) groups is 2. The van der Waals surface area contributed by atoms with E-state index in [9.17, 15) is 9.59 Å². The van der Waals surface area contributed by atoms with Crippen LogP contribution in [0.3, 0.4) is 0 Å². The van der Waals surface area contributed by atoms with Gasteiger partial charge in [-0.1, -0.05) is 44.2 Å². The van der Waals surface area contributed by atoms with Crippen molar-refractivity contribution in [3.63, 3.8) is 0 Å². The van der Waals surface area contributed by atoms with Crippen LogP contribution in [0.1, 0.15) is 31.4 Å². The number of nitrogens with zero attached hydrogens (tertiary/aromatic N) is 3. The molecule has 2 aliphatic rings. The summed E-state index contributed by atoms with van der Waals surface area (Å²) in [6, 6.07) is 18.0.